The summed E-state index contributed by atoms with van der Waals surface area (Å²) in [5.74, 6) is 0.597. The lowest BCUT2D eigenvalue weighted by Crippen LogP contribution is -2.37. The molecule has 0 radical (unpaired) electrons. The van der Waals surface area contributed by atoms with Crippen LogP contribution in [0.5, 0.6) is 0 Å². The van der Waals surface area contributed by atoms with Crippen LogP contribution >= 0.6 is 34.8 Å². The molecular weight excluding hydrogens is 293 g/mol. The van der Waals surface area contributed by atoms with Crippen LogP contribution in [0.3, 0.4) is 0 Å². The van der Waals surface area contributed by atoms with Crippen molar-refractivity contribution in [3.63, 3.8) is 0 Å². The number of carbonyl (C=O) groups is 1. The molecule has 0 saturated heterocycles. The average Bonchev–Trinajstić information content (AvgIpc) is 2.30. The lowest BCUT2D eigenvalue weighted by molar-refractivity contribution is 0.0937. The molecule has 1 aromatic carbocycles. The van der Waals surface area contributed by atoms with Crippen LogP contribution in [-0.4, -0.2) is 17.8 Å². The Morgan fingerprint density at radius 3 is 2.56 bits per heavy atom. The highest BCUT2D eigenvalue weighted by Gasteiger charge is 2.16. The van der Waals surface area contributed by atoms with E-state index in [1.807, 2.05) is 0 Å². The largest absolute Gasteiger partial charge is 0.348 e. The SMILES string of the molecule is CC(C)CC(CCl)NC(=O)c1cc(Cl)ccc1Cl. The Morgan fingerprint density at radius 1 is 1.33 bits per heavy atom. The quantitative estimate of drug-likeness (QED) is 0.804. The van der Waals surface area contributed by atoms with Gasteiger partial charge in [0.1, 0.15) is 0 Å². The molecule has 0 aliphatic carbocycles. The summed E-state index contributed by atoms with van der Waals surface area (Å²) < 4.78 is 0. The molecule has 0 aromatic heterocycles. The molecule has 1 amide bonds. The van der Waals surface area contributed by atoms with E-state index in [1.165, 1.54) is 0 Å². The van der Waals surface area contributed by atoms with Crippen molar-refractivity contribution in [2.45, 2.75) is 26.3 Å². The van der Waals surface area contributed by atoms with Crippen molar-refractivity contribution < 1.29 is 4.79 Å². The second-order valence-corrected chi connectivity index (χ2v) is 5.73. The van der Waals surface area contributed by atoms with Gasteiger partial charge in [0.05, 0.1) is 10.6 Å². The highest BCUT2D eigenvalue weighted by atomic mass is 35.5. The molecule has 2 nitrogen and oxygen atoms in total. The molecule has 0 bridgehead atoms. The standard InChI is InChI=1S/C13H16Cl3NO/c1-8(2)5-10(7-14)17-13(18)11-6-9(15)3-4-12(11)16/h3-4,6,8,10H,5,7H2,1-2H3,(H,17,18). The molecule has 18 heavy (non-hydrogen) atoms. The summed E-state index contributed by atoms with van der Waals surface area (Å²) in [6, 6.07) is 4.75. The van der Waals surface area contributed by atoms with Gasteiger partial charge in [-0.15, -0.1) is 11.6 Å². The van der Waals surface area contributed by atoms with E-state index >= 15 is 0 Å². The number of benzene rings is 1. The number of hydrogen-bond donors (Lipinski definition) is 1. The van der Waals surface area contributed by atoms with Crippen LogP contribution in [-0.2, 0) is 0 Å². The molecule has 0 spiro atoms. The van der Waals surface area contributed by atoms with E-state index in [4.69, 9.17) is 34.8 Å². The van der Waals surface area contributed by atoms with Gasteiger partial charge in [-0.2, -0.15) is 0 Å². The summed E-state index contributed by atoms with van der Waals surface area (Å²) in [6.45, 7) is 4.16. The van der Waals surface area contributed by atoms with Gasteiger partial charge in [0.15, 0.2) is 0 Å². The van der Waals surface area contributed by atoms with Gasteiger partial charge < -0.3 is 5.32 Å². The van der Waals surface area contributed by atoms with Crippen molar-refractivity contribution in [3.05, 3.63) is 33.8 Å². The number of nitrogens with one attached hydrogen (secondary N) is 1. The van der Waals surface area contributed by atoms with Gasteiger partial charge in [-0.05, 0) is 30.5 Å². The molecular formula is C13H16Cl3NO. The molecule has 1 aromatic rings. The lowest BCUT2D eigenvalue weighted by atomic mass is 10.0. The van der Waals surface area contributed by atoms with Crippen molar-refractivity contribution in [3.8, 4) is 0 Å². The minimum Gasteiger partial charge on any atom is -0.348 e. The maximum absolute atomic E-state index is 12.1. The first-order valence-electron chi connectivity index (χ1n) is 5.76. The Bertz CT molecular complexity index is 421. The van der Waals surface area contributed by atoms with Crippen LogP contribution in [0.15, 0.2) is 18.2 Å². The molecule has 1 N–H and O–H groups in total. The van der Waals surface area contributed by atoms with Crippen LogP contribution < -0.4 is 5.32 Å². The molecule has 1 atom stereocenters. The fourth-order valence-electron chi connectivity index (χ4n) is 1.66. The molecule has 100 valence electrons. The number of halogens is 3. The van der Waals surface area contributed by atoms with Crippen molar-refractivity contribution >= 4 is 40.7 Å². The predicted molar refractivity (Wildman–Crippen MR) is 77.9 cm³/mol. The van der Waals surface area contributed by atoms with E-state index in [9.17, 15) is 4.79 Å². The predicted octanol–water partition coefficient (Wildman–Crippen LogP) is 4.38. The summed E-state index contributed by atoms with van der Waals surface area (Å²) in [7, 11) is 0. The first kappa shape index (κ1) is 15.6. The molecule has 1 unspecified atom stereocenters. The number of amides is 1. The van der Waals surface area contributed by atoms with Crippen LogP contribution in [0.1, 0.15) is 30.6 Å². The van der Waals surface area contributed by atoms with Crippen molar-refractivity contribution in [2.24, 2.45) is 5.92 Å². The molecule has 1 rings (SSSR count). The molecule has 0 saturated carbocycles. The fraction of sp³-hybridized carbons (Fsp3) is 0.462. The number of rotatable bonds is 5. The topological polar surface area (TPSA) is 29.1 Å². The third-order valence-corrected chi connectivity index (χ3v) is 3.39. The second-order valence-electron chi connectivity index (χ2n) is 4.58. The Morgan fingerprint density at radius 2 is 2.00 bits per heavy atom. The fourth-order valence-corrected chi connectivity index (χ4v) is 2.24. The van der Waals surface area contributed by atoms with Crippen LogP contribution in [0.25, 0.3) is 0 Å². The van der Waals surface area contributed by atoms with Gasteiger partial charge in [-0.1, -0.05) is 37.0 Å². The first-order valence-corrected chi connectivity index (χ1v) is 7.05. The van der Waals surface area contributed by atoms with Gasteiger partial charge >= 0.3 is 0 Å². The lowest BCUT2D eigenvalue weighted by Gasteiger charge is -2.18. The Hall–Kier alpha value is -0.440. The zero-order valence-corrected chi connectivity index (χ0v) is 12.6. The number of hydrogen-bond acceptors (Lipinski definition) is 1. The highest BCUT2D eigenvalue weighted by molar-refractivity contribution is 6.35. The van der Waals surface area contributed by atoms with Crippen molar-refractivity contribution in [1.82, 2.24) is 5.32 Å². The van der Waals surface area contributed by atoms with Crippen molar-refractivity contribution in [1.29, 1.82) is 0 Å². The van der Waals surface area contributed by atoms with E-state index in [2.05, 4.69) is 19.2 Å². The van der Waals surface area contributed by atoms with Gasteiger partial charge in [-0.25, -0.2) is 0 Å². The second kappa shape index (κ2) is 7.22. The molecule has 0 fully saturated rings. The van der Waals surface area contributed by atoms with Gasteiger partial charge in [-0.3, -0.25) is 4.79 Å². The first-order chi connectivity index (χ1) is 8.43. The maximum Gasteiger partial charge on any atom is 0.253 e. The van der Waals surface area contributed by atoms with Gasteiger partial charge in [0.2, 0.25) is 0 Å². The molecule has 0 heterocycles. The Kier molecular flexibility index (Phi) is 6.27. The minimum atomic E-state index is -0.242. The summed E-state index contributed by atoms with van der Waals surface area (Å²) in [6.07, 6.45) is 0.827. The number of carbonyl (C=O) groups excluding carboxylic acids is 1. The molecule has 0 aliphatic heterocycles. The zero-order valence-electron chi connectivity index (χ0n) is 10.3. The zero-order chi connectivity index (χ0) is 13.7. The van der Waals surface area contributed by atoms with E-state index in [-0.39, 0.29) is 11.9 Å². The summed E-state index contributed by atoms with van der Waals surface area (Å²) in [4.78, 5) is 12.1. The minimum absolute atomic E-state index is 0.0609. The van der Waals surface area contributed by atoms with E-state index in [0.717, 1.165) is 6.42 Å². The summed E-state index contributed by atoms with van der Waals surface area (Å²) >= 11 is 17.7. The molecule has 0 aliphatic rings. The van der Waals surface area contributed by atoms with Gasteiger partial charge in [0.25, 0.3) is 5.91 Å². The summed E-state index contributed by atoms with van der Waals surface area (Å²) in [5, 5.41) is 3.73. The van der Waals surface area contributed by atoms with Crippen LogP contribution in [0.4, 0.5) is 0 Å². The highest BCUT2D eigenvalue weighted by Crippen LogP contribution is 2.21. The smallest absolute Gasteiger partial charge is 0.253 e. The monoisotopic (exact) mass is 307 g/mol. The van der Waals surface area contributed by atoms with E-state index in [0.29, 0.717) is 27.4 Å². The molecule has 5 heteroatoms. The van der Waals surface area contributed by atoms with E-state index < -0.39 is 0 Å². The third kappa shape index (κ3) is 4.68. The Labute approximate surface area is 123 Å². The normalized spacial score (nSPS) is 12.6. The Balaban J connectivity index is 2.77. The van der Waals surface area contributed by atoms with Crippen molar-refractivity contribution in [2.75, 3.05) is 5.88 Å². The average molecular weight is 309 g/mol. The maximum atomic E-state index is 12.1. The van der Waals surface area contributed by atoms with Crippen LogP contribution in [0.2, 0.25) is 10.0 Å². The summed E-state index contributed by atoms with van der Waals surface area (Å²) in [5.41, 5.74) is 0.378. The van der Waals surface area contributed by atoms with Crippen LogP contribution in [0, 0.1) is 5.92 Å². The van der Waals surface area contributed by atoms with E-state index in [1.54, 1.807) is 18.2 Å². The third-order valence-electron chi connectivity index (χ3n) is 2.45. The van der Waals surface area contributed by atoms with Gasteiger partial charge in [0, 0.05) is 16.9 Å². The number of alkyl halides is 1.